The van der Waals surface area contributed by atoms with Crippen LogP contribution in [0.1, 0.15) is 45.8 Å². The minimum absolute atomic E-state index is 0.0143. The third-order valence-corrected chi connectivity index (χ3v) is 12.5. The fourth-order valence-electron chi connectivity index (χ4n) is 9.66. The van der Waals surface area contributed by atoms with Crippen molar-refractivity contribution in [3.8, 4) is 11.5 Å². The first-order chi connectivity index (χ1) is 28.0. The van der Waals surface area contributed by atoms with E-state index in [-0.39, 0.29) is 30.1 Å². The summed E-state index contributed by atoms with van der Waals surface area (Å²) >= 11 is 6.38. The van der Waals surface area contributed by atoms with Crippen LogP contribution < -0.4 is 15.1 Å². The van der Waals surface area contributed by atoms with Gasteiger partial charge in [-0.05, 0) is 103 Å². The van der Waals surface area contributed by atoms with E-state index in [1.54, 1.807) is 84.9 Å². The Balaban J connectivity index is 1.17. The van der Waals surface area contributed by atoms with Crippen LogP contribution in [0.5, 0.6) is 11.5 Å². The Kier molecular flexibility index (Phi) is 9.00. The number of rotatable bonds is 8. The number of imide groups is 2. The molecule has 2 aliphatic heterocycles. The molecule has 10 nitrogen and oxygen atoms in total. The van der Waals surface area contributed by atoms with E-state index in [1.165, 1.54) is 37.4 Å². The zero-order chi connectivity index (χ0) is 40.5. The van der Waals surface area contributed by atoms with E-state index in [2.05, 4.69) is 5.43 Å². The molecule has 4 amide bonds. The number of hydrazine groups is 1. The second kappa shape index (κ2) is 14.1. The number of anilines is 2. The topological polar surface area (TPSA) is 133 Å². The van der Waals surface area contributed by atoms with Gasteiger partial charge in [-0.25, -0.2) is 4.39 Å². The summed E-state index contributed by atoms with van der Waals surface area (Å²) in [4.78, 5) is 73.5. The number of ketones is 1. The molecule has 0 spiro atoms. The molecule has 0 unspecified atom stereocenters. The molecule has 4 aliphatic rings. The number of nitrogens with zero attached hydrogens (tertiary/aromatic N) is 2. The lowest BCUT2D eigenvalue weighted by Gasteiger charge is -2.50. The van der Waals surface area contributed by atoms with Gasteiger partial charge in [-0.2, -0.15) is 5.01 Å². The predicted molar refractivity (Wildman–Crippen MR) is 212 cm³/mol. The van der Waals surface area contributed by atoms with Gasteiger partial charge in [0, 0.05) is 27.6 Å². The second-order valence-corrected chi connectivity index (χ2v) is 15.5. The monoisotopic (exact) mass is 795 g/mol. The molecule has 6 atom stereocenters. The highest BCUT2D eigenvalue weighted by atomic mass is 35.5. The third-order valence-electron chi connectivity index (χ3n) is 12.2. The van der Waals surface area contributed by atoms with Gasteiger partial charge < -0.3 is 9.84 Å². The summed E-state index contributed by atoms with van der Waals surface area (Å²) in [5.41, 5.74) is 4.11. The number of phenols is 1. The number of amides is 4. The summed E-state index contributed by atoms with van der Waals surface area (Å²) < 4.78 is 19.5. The maximum absolute atomic E-state index is 15.3. The molecule has 2 saturated heterocycles. The average Bonchev–Trinajstić information content (AvgIpc) is 3.62. The Bertz CT molecular complexity index is 2550. The van der Waals surface area contributed by atoms with Crippen LogP contribution in [0.25, 0.3) is 0 Å². The van der Waals surface area contributed by atoms with Crippen molar-refractivity contribution in [2.24, 2.45) is 23.7 Å². The molecule has 0 bridgehead atoms. The fraction of sp³-hybridized carbons (Fsp3) is 0.196. The molecule has 5 aromatic carbocycles. The van der Waals surface area contributed by atoms with Crippen molar-refractivity contribution in [3.05, 3.63) is 166 Å². The number of fused-ring (bicyclic) bond motifs is 4. The minimum atomic E-state index is -1.68. The van der Waals surface area contributed by atoms with E-state index in [9.17, 15) is 28.7 Å². The molecule has 0 radical (unpaired) electrons. The van der Waals surface area contributed by atoms with Gasteiger partial charge in [0.05, 0.1) is 41.7 Å². The lowest BCUT2D eigenvalue weighted by molar-refractivity contribution is -0.138. The Morgan fingerprint density at radius 3 is 2.21 bits per heavy atom. The van der Waals surface area contributed by atoms with Crippen molar-refractivity contribution in [2.45, 2.75) is 24.2 Å². The highest BCUT2D eigenvalue weighted by molar-refractivity contribution is 6.30. The molecule has 290 valence electrons. The van der Waals surface area contributed by atoms with Crippen LogP contribution in [0.3, 0.4) is 0 Å². The summed E-state index contributed by atoms with van der Waals surface area (Å²) in [7, 11) is 1.47. The van der Waals surface area contributed by atoms with E-state index >= 15 is 4.79 Å². The largest absolute Gasteiger partial charge is 0.508 e. The Morgan fingerprint density at radius 2 is 1.52 bits per heavy atom. The molecule has 0 aromatic heterocycles. The first kappa shape index (κ1) is 37.0. The number of benzene rings is 5. The molecule has 3 fully saturated rings. The summed E-state index contributed by atoms with van der Waals surface area (Å²) in [6.07, 6.45) is 2.05. The van der Waals surface area contributed by atoms with Crippen LogP contribution in [0.15, 0.2) is 133 Å². The lowest BCUT2D eigenvalue weighted by Crippen LogP contribution is -2.53. The summed E-state index contributed by atoms with van der Waals surface area (Å²) in [6.45, 7) is 0. The Labute approximate surface area is 337 Å². The summed E-state index contributed by atoms with van der Waals surface area (Å²) in [6, 6.07) is 31.7. The standard InChI is InChI=1S/C46H35ClFN3O7/c1-58-32-19-22-38(52)36(23-32)40-33-20-21-34-39(44(56)50(42(34)54)31-17-7-26(8-18-31)41(53)25-5-3-2-4-6-25)35(33)24-37-43(55)51(49-30-15-13-29(48)14-16-30)45(57)46(37,40)27-9-11-28(47)12-10-27/h2-20,22-23,34-35,37,39-40,49,52H,21,24H2,1H3/t34-,35+,37-,39-,40+,46+/m0/s1. The molecule has 2 aliphatic carbocycles. The van der Waals surface area contributed by atoms with Gasteiger partial charge in [0.1, 0.15) is 17.3 Å². The average molecular weight is 796 g/mol. The molecule has 1 saturated carbocycles. The van der Waals surface area contributed by atoms with Crippen LogP contribution in [0.4, 0.5) is 15.8 Å². The maximum Gasteiger partial charge on any atom is 0.260 e. The van der Waals surface area contributed by atoms with Gasteiger partial charge in [0.25, 0.3) is 11.8 Å². The highest BCUT2D eigenvalue weighted by Gasteiger charge is 2.70. The number of hydrogen-bond acceptors (Lipinski definition) is 8. The number of aromatic hydroxyl groups is 1. The van der Waals surface area contributed by atoms with Gasteiger partial charge in [-0.3, -0.25) is 34.3 Å². The van der Waals surface area contributed by atoms with E-state index in [0.717, 1.165) is 9.91 Å². The van der Waals surface area contributed by atoms with Crippen LogP contribution in [-0.2, 0) is 24.6 Å². The Morgan fingerprint density at radius 1 is 0.828 bits per heavy atom. The fourth-order valence-corrected chi connectivity index (χ4v) is 9.79. The number of methoxy groups -OCH3 is 1. The number of hydrogen-bond donors (Lipinski definition) is 2. The minimum Gasteiger partial charge on any atom is -0.508 e. The number of carbonyl (C=O) groups excluding carboxylic acids is 5. The number of halogens is 2. The number of carbonyl (C=O) groups is 5. The van der Waals surface area contributed by atoms with Crippen molar-refractivity contribution < 1.29 is 38.2 Å². The van der Waals surface area contributed by atoms with Crippen LogP contribution >= 0.6 is 11.6 Å². The highest BCUT2D eigenvalue weighted by Crippen LogP contribution is 2.65. The van der Waals surface area contributed by atoms with Gasteiger partial charge >= 0.3 is 0 Å². The van der Waals surface area contributed by atoms with Crippen LogP contribution in [-0.4, -0.2) is 46.6 Å². The maximum atomic E-state index is 15.3. The molecule has 58 heavy (non-hydrogen) atoms. The molecule has 9 rings (SSSR count). The van der Waals surface area contributed by atoms with E-state index < -0.39 is 64.5 Å². The predicted octanol–water partition coefficient (Wildman–Crippen LogP) is 7.61. The van der Waals surface area contributed by atoms with Gasteiger partial charge in [-0.15, -0.1) is 0 Å². The molecule has 2 N–H and O–H groups in total. The quantitative estimate of drug-likeness (QED) is 0.0932. The second-order valence-electron chi connectivity index (χ2n) is 15.1. The van der Waals surface area contributed by atoms with E-state index in [4.69, 9.17) is 16.3 Å². The molecular formula is C46H35ClFN3O7. The van der Waals surface area contributed by atoms with Gasteiger partial charge in [-0.1, -0.05) is 65.7 Å². The van der Waals surface area contributed by atoms with Crippen molar-refractivity contribution >= 4 is 52.4 Å². The van der Waals surface area contributed by atoms with Crippen LogP contribution in [0, 0.1) is 29.5 Å². The van der Waals surface area contributed by atoms with E-state index in [0.29, 0.717) is 44.3 Å². The summed E-state index contributed by atoms with van der Waals surface area (Å²) in [5.74, 6) is -7.07. The molecular weight excluding hydrogens is 761 g/mol. The molecule has 12 heteroatoms. The first-order valence-corrected chi connectivity index (χ1v) is 19.2. The SMILES string of the molecule is COc1ccc(O)c([C@H]2C3=CC[C@@H]4C(=O)N(c5ccc(C(=O)c6ccccc6)cc5)C(=O)[C@@H]4[C@@H]3C[C@H]3C(=O)N(Nc4ccc(F)cc4)C(=O)[C@@]23c2ccc(Cl)cc2)c1. The number of ether oxygens (including phenoxy) is 1. The smallest absolute Gasteiger partial charge is 0.260 e. The summed E-state index contributed by atoms with van der Waals surface area (Å²) in [5, 5.41) is 13.0. The lowest BCUT2D eigenvalue weighted by atomic mass is 9.49. The van der Waals surface area contributed by atoms with Crippen molar-refractivity contribution in [3.63, 3.8) is 0 Å². The number of nitrogens with one attached hydrogen (secondary N) is 1. The normalized spacial score (nSPS) is 24.9. The van der Waals surface area contributed by atoms with Gasteiger partial charge in [0.2, 0.25) is 11.8 Å². The zero-order valence-electron chi connectivity index (χ0n) is 31.0. The molecule has 5 aromatic rings. The first-order valence-electron chi connectivity index (χ1n) is 18.8. The van der Waals surface area contributed by atoms with Gasteiger partial charge in [0.15, 0.2) is 5.78 Å². The van der Waals surface area contributed by atoms with Crippen molar-refractivity contribution in [1.29, 1.82) is 0 Å². The van der Waals surface area contributed by atoms with E-state index in [1.807, 2.05) is 12.1 Å². The van der Waals surface area contributed by atoms with Crippen molar-refractivity contribution in [1.82, 2.24) is 5.01 Å². The van der Waals surface area contributed by atoms with Crippen LogP contribution in [0.2, 0.25) is 5.02 Å². The number of allylic oxidation sites excluding steroid dienone is 2. The Hall–Kier alpha value is -6.59. The molecule has 2 heterocycles. The third kappa shape index (κ3) is 5.63. The van der Waals surface area contributed by atoms with Crippen molar-refractivity contribution in [2.75, 3.05) is 17.4 Å². The number of phenolic OH excluding ortho intramolecular Hbond substituents is 1. The zero-order valence-corrected chi connectivity index (χ0v) is 31.7.